The highest BCUT2D eigenvalue weighted by molar-refractivity contribution is 6.31. The standard InChI is InChI=1S/C12H17ClN2O/c13-11-8-14-5-4-9(11)6-15-7-10-2-1-3-12(10)16/h4-5,8,10,12,15-16H,1-3,6-7H2. The van der Waals surface area contributed by atoms with Crippen molar-refractivity contribution in [2.45, 2.75) is 31.9 Å². The van der Waals surface area contributed by atoms with Crippen molar-refractivity contribution < 1.29 is 5.11 Å². The van der Waals surface area contributed by atoms with E-state index in [1.54, 1.807) is 12.4 Å². The van der Waals surface area contributed by atoms with Gasteiger partial charge in [-0.05, 0) is 30.4 Å². The first-order chi connectivity index (χ1) is 7.77. The van der Waals surface area contributed by atoms with Gasteiger partial charge in [-0.1, -0.05) is 18.0 Å². The van der Waals surface area contributed by atoms with E-state index < -0.39 is 0 Å². The number of nitrogens with one attached hydrogen (secondary N) is 1. The number of rotatable bonds is 4. The summed E-state index contributed by atoms with van der Waals surface area (Å²) in [7, 11) is 0. The Kier molecular flexibility index (Phi) is 4.16. The summed E-state index contributed by atoms with van der Waals surface area (Å²) in [5, 5.41) is 13.7. The van der Waals surface area contributed by atoms with E-state index in [9.17, 15) is 5.11 Å². The lowest BCUT2D eigenvalue weighted by Crippen LogP contribution is -2.27. The normalized spacial score (nSPS) is 24.9. The molecule has 1 fully saturated rings. The third kappa shape index (κ3) is 2.94. The molecule has 1 aliphatic carbocycles. The fourth-order valence-corrected chi connectivity index (χ4v) is 2.38. The summed E-state index contributed by atoms with van der Waals surface area (Å²) >= 11 is 6.00. The van der Waals surface area contributed by atoms with Crippen LogP contribution in [0.3, 0.4) is 0 Å². The Hall–Kier alpha value is -0.640. The smallest absolute Gasteiger partial charge is 0.0634 e. The van der Waals surface area contributed by atoms with E-state index in [2.05, 4.69) is 10.3 Å². The highest BCUT2D eigenvalue weighted by atomic mass is 35.5. The summed E-state index contributed by atoms with van der Waals surface area (Å²) < 4.78 is 0. The van der Waals surface area contributed by atoms with Crippen molar-refractivity contribution in [3.63, 3.8) is 0 Å². The fraction of sp³-hybridized carbons (Fsp3) is 0.583. The largest absolute Gasteiger partial charge is 0.393 e. The Morgan fingerprint density at radius 1 is 1.50 bits per heavy atom. The Labute approximate surface area is 101 Å². The number of aliphatic hydroxyl groups excluding tert-OH is 1. The highest BCUT2D eigenvalue weighted by Crippen LogP contribution is 2.24. The van der Waals surface area contributed by atoms with E-state index in [0.29, 0.717) is 10.9 Å². The first kappa shape index (κ1) is 11.8. The summed E-state index contributed by atoms with van der Waals surface area (Å²) in [4.78, 5) is 3.94. The number of nitrogens with zero attached hydrogens (tertiary/aromatic N) is 1. The van der Waals surface area contributed by atoms with Gasteiger partial charge in [0.25, 0.3) is 0 Å². The predicted molar refractivity (Wildman–Crippen MR) is 64.3 cm³/mol. The van der Waals surface area contributed by atoms with Crippen molar-refractivity contribution >= 4 is 11.6 Å². The van der Waals surface area contributed by atoms with Gasteiger partial charge in [-0.3, -0.25) is 4.98 Å². The van der Waals surface area contributed by atoms with Crippen LogP contribution in [-0.4, -0.2) is 22.7 Å². The molecule has 2 atom stereocenters. The van der Waals surface area contributed by atoms with E-state index >= 15 is 0 Å². The molecule has 3 nitrogen and oxygen atoms in total. The van der Waals surface area contributed by atoms with Crippen molar-refractivity contribution in [1.82, 2.24) is 10.3 Å². The molecular formula is C12H17ClN2O. The maximum absolute atomic E-state index is 9.66. The van der Waals surface area contributed by atoms with Gasteiger partial charge in [0.05, 0.1) is 11.1 Å². The number of hydrogen-bond donors (Lipinski definition) is 2. The molecule has 0 amide bonds. The first-order valence-corrected chi connectivity index (χ1v) is 6.12. The van der Waals surface area contributed by atoms with Crippen LogP contribution in [0.5, 0.6) is 0 Å². The molecule has 0 aliphatic heterocycles. The Morgan fingerprint density at radius 3 is 3.06 bits per heavy atom. The van der Waals surface area contributed by atoms with Gasteiger partial charge in [-0.25, -0.2) is 0 Å². The quantitative estimate of drug-likeness (QED) is 0.846. The Morgan fingerprint density at radius 2 is 2.38 bits per heavy atom. The van der Waals surface area contributed by atoms with Gasteiger partial charge >= 0.3 is 0 Å². The number of hydrogen-bond acceptors (Lipinski definition) is 3. The van der Waals surface area contributed by atoms with Crippen LogP contribution >= 0.6 is 11.6 Å². The van der Waals surface area contributed by atoms with Gasteiger partial charge in [0, 0.05) is 25.5 Å². The summed E-state index contributed by atoms with van der Waals surface area (Å²) in [6, 6.07) is 1.92. The van der Waals surface area contributed by atoms with E-state index in [-0.39, 0.29) is 6.10 Å². The lowest BCUT2D eigenvalue weighted by atomic mass is 10.1. The van der Waals surface area contributed by atoms with Crippen LogP contribution in [0.25, 0.3) is 0 Å². The van der Waals surface area contributed by atoms with Crippen LogP contribution in [0, 0.1) is 5.92 Å². The summed E-state index contributed by atoms with van der Waals surface area (Å²) in [6.07, 6.45) is 6.49. The van der Waals surface area contributed by atoms with Gasteiger partial charge in [0.2, 0.25) is 0 Å². The molecule has 88 valence electrons. The zero-order valence-corrected chi connectivity index (χ0v) is 9.95. The zero-order valence-electron chi connectivity index (χ0n) is 9.19. The highest BCUT2D eigenvalue weighted by Gasteiger charge is 2.24. The van der Waals surface area contributed by atoms with Crippen LogP contribution in [0.1, 0.15) is 24.8 Å². The number of halogens is 1. The van der Waals surface area contributed by atoms with E-state index in [1.165, 1.54) is 0 Å². The molecule has 16 heavy (non-hydrogen) atoms. The lowest BCUT2D eigenvalue weighted by molar-refractivity contribution is 0.131. The predicted octanol–water partition coefficient (Wildman–Crippen LogP) is 1.99. The van der Waals surface area contributed by atoms with Crippen LogP contribution < -0.4 is 5.32 Å². The van der Waals surface area contributed by atoms with Crippen molar-refractivity contribution in [2.24, 2.45) is 5.92 Å². The van der Waals surface area contributed by atoms with E-state index in [1.807, 2.05) is 6.07 Å². The minimum atomic E-state index is -0.125. The average Bonchev–Trinajstić information content (AvgIpc) is 2.67. The molecule has 1 aromatic heterocycles. The summed E-state index contributed by atoms with van der Waals surface area (Å²) in [5.74, 6) is 0.403. The molecule has 2 N–H and O–H groups in total. The van der Waals surface area contributed by atoms with Gasteiger partial charge in [0.15, 0.2) is 0 Å². The van der Waals surface area contributed by atoms with Crippen LogP contribution in [0.15, 0.2) is 18.5 Å². The molecule has 0 bridgehead atoms. The van der Waals surface area contributed by atoms with Crippen LogP contribution in [0.2, 0.25) is 5.02 Å². The number of aliphatic hydroxyl groups is 1. The molecule has 1 heterocycles. The number of aromatic nitrogens is 1. The number of pyridine rings is 1. The SMILES string of the molecule is OC1CCCC1CNCc1ccncc1Cl. The van der Waals surface area contributed by atoms with Gasteiger partial charge < -0.3 is 10.4 Å². The lowest BCUT2D eigenvalue weighted by Gasteiger charge is -2.15. The Bertz CT molecular complexity index is 346. The van der Waals surface area contributed by atoms with Crippen molar-refractivity contribution in [2.75, 3.05) is 6.54 Å². The van der Waals surface area contributed by atoms with Gasteiger partial charge in [0.1, 0.15) is 0 Å². The molecule has 1 saturated carbocycles. The molecule has 2 rings (SSSR count). The third-order valence-corrected chi connectivity index (χ3v) is 3.54. The second-order valence-electron chi connectivity index (χ2n) is 4.36. The minimum Gasteiger partial charge on any atom is -0.393 e. The summed E-state index contributed by atoms with van der Waals surface area (Å²) in [6.45, 7) is 1.60. The molecular weight excluding hydrogens is 224 g/mol. The van der Waals surface area contributed by atoms with Crippen LogP contribution in [-0.2, 0) is 6.54 Å². The van der Waals surface area contributed by atoms with Gasteiger partial charge in [-0.15, -0.1) is 0 Å². The minimum absolute atomic E-state index is 0.125. The second kappa shape index (κ2) is 5.62. The van der Waals surface area contributed by atoms with Crippen molar-refractivity contribution in [3.8, 4) is 0 Å². The maximum Gasteiger partial charge on any atom is 0.0634 e. The molecule has 2 unspecified atom stereocenters. The topological polar surface area (TPSA) is 45.1 Å². The molecule has 0 saturated heterocycles. The molecule has 0 spiro atoms. The average molecular weight is 241 g/mol. The van der Waals surface area contributed by atoms with Crippen molar-refractivity contribution in [1.29, 1.82) is 0 Å². The first-order valence-electron chi connectivity index (χ1n) is 5.74. The van der Waals surface area contributed by atoms with Crippen LogP contribution in [0.4, 0.5) is 0 Å². The molecule has 1 aliphatic rings. The third-order valence-electron chi connectivity index (χ3n) is 3.20. The summed E-state index contributed by atoms with van der Waals surface area (Å²) in [5.41, 5.74) is 1.06. The van der Waals surface area contributed by atoms with Gasteiger partial charge in [-0.2, -0.15) is 0 Å². The molecule has 4 heteroatoms. The van der Waals surface area contributed by atoms with E-state index in [0.717, 1.165) is 37.9 Å². The molecule has 0 radical (unpaired) electrons. The van der Waals surface area contributed by atoms with Crippen molar-refractivity contribution in [3.05, 3.63) is 29.0 Å². The molecule has 0 aromatic carbocycles. The Balaban J connectivity index is 1.78. The van der Waals surface area contributed by atoms with E-state index in [4.69, 9.17) is 11.6 Å². The monoisotopic (exact) mass is 240 g/mol. The second-order valence-corrected chi connectivity index (χ2v) is 4.76. The fourth-order valence-electron chi connectivity index (χ4n) is 2.19. The zero-order chi connectivity index (χ0) is 11.4. The molecule has 1 aromatic rings. The maximum atomic E-state index is 9.66.